The van der Waals surface area contributed by atoms with Crippen LogP contribution in [-0.4, -0.2) is 55.0 Å². The molecule has 1 aliphatic heterocycles. The fourth-order valence-electron chi connectivity index (χ4n) is 5.28. The molecule has 2 aliphatic carbocycles. The molecule has 3 aliphatic rings. The number of benzene rings is 2. The van der Waals surface area contributed by atoms with E-state index in [0.717, 1.165) is 11.1 Å². The van der Waals surface area contributed by atoms with Crippen molar-refractivity contribution in [1.29, 1.82) is 0 Å². The molecule has 2 aromatic carbocycles. The summed E-state index contributed by atoms with van der Waals surface area (Å²) in [6.07, 6.45) is 1.87. The lowest BCUT2D eigenvalue weighted by Crippen LogP contribution is -2.45. The van der Waals surface area contributed by atoms with Crippen LogP contribution in [0.3, 0.4) is 0 Å². The normalized spacial score (nSPS) is 22.7. The van der Waals surface area contributed by atoms with Crippen LogP contribution in [0.15, 0.2) is 60.2 Å². The van der Waals surface area contributed by atoms with Gasteiger partial charge < -0.3 is 25.2 Å². The molecule has 1 saturated heterocycles. The average molecular weight is 477 g/mol. The van der Waals surface area contributed by atoms with E-state index >= 15 is 0 Å². The first-order valence-corrected chi connectivity index (χ1v) is 11.9. The molecule has 3 N–H and O–H groups in total. The number of aliphatic carboxylic acids is 1. The van der Waals surface area contributed by atoms with Crippen LogP contribution in [0.2, 0.25) is 0 Å². The molecule has 35 heavy (non-hydrogen) atoms. The van der Waals surface area contributed by atoms with Crippen molar-refractivity contribution in [2.75, 3.05) is 19.8 Å². The van der Waals surface area contributed by atoms with Gasteiger partial charge in [0.2, 0.25) is 5.91 Å². The number of nitrogens with one attached hydrogen (secondary N) is 2. The van der Waals surface area contributed by atoms with Crippen LogP contribution in [0.25, 0.3) is 11.1 Å². The van der Waals surface area contributed by atoms with E-state index in [1.165, 1.54) is 11.1 Å². The van der Waals surface area contributed by atoms with Crippen molar-refractivity contribution in [3.63, 3.8) is 0 Å². The second-order valence-electron chi connectivity index (χ2n) is 9.23. The summed E-state index contributed by atoms with van der Waals surface area (Å²) in [5, 5.41) is 14.8. The number of ether oxygens (including phenoxy) is 2. The molecule has 0 bridgehead atoms. The van der Waals surface area contributed by atoms with Gasteiger partial charge in [0.1, 0.15) is 12.7 Å². The lowest BCUT2D eigenvalue weighted by Gasteiger charge is -2.21. The molecule has 0 radical (unpaired) electrons. The minimum atomic E-state index is -0.955. The summed E-state index contributed by atoms with van der Waals surface area (Å²) >= 11 is 0. The molecular formula is C27H28N2O6. The lowest BCUT2D eigenvalue weighted by atomic mass is 9.98. The van der Waals surface area contributed by atoms with Crippen LogP contribution < -0.4 is 10.6 Å². The summed E-state index contributed by atoms with van der Waals surface area (Å²) in [7, 11) is 0. The van der Waals surface area contributed by atoms with Crippen molar-refractivity contribution < 1.29 is 29.0 Å². The lowest BCUT2D eigenvalue weighted by molar-refractivity contribution is -0.134. The first-order chi connectivity index (χ1) is 17.0. The summed E-state index contributed by atoms with van der Waals surface area (Å²) in [4.78, 5) is 36.3. The van der Waals surface area contributed by atoms with Crippen LogP contribution >= 0.6 is 0 Å². The van der Waals surface area contributed by atoms with Gasteiger partial charge in [0, 0.05) is 36.6 Å². The number of rotatable bonds is 7. The highest BCUT2D eigenvalue weighted by Crippen LogP contribution is 2.44. The van der Waals surface area contributed by atoms with Gasteiger partial charge >= 0.3 is 12.1 Å². The first-order valence-electron chi connectivity index (χ1n) is 11.9. The third-order valence-corrected chi connectivity index (χ3v) is 7.06. The number of carboxylic acids is 1. The van der Waals surface area contributed by atoms with Gasteiger partial charge in [-0.3, -0.25) is 4.79 Å². The van der Waals surface area contributed by atoms with E-state index < -0.39 is 18.2 Å². The molecule has 2 amide bonds. The van der Waals surface area contributed by atoms with Gasteiger partial charge in [0.05, 0.1) is 0 Å². The van der Waals surface area contributed by atoms with E-state index in [4.69, 9.17) is 14.6 Å². The Morgan fingerprint density at radius 3 is 2.37 bits per heavy atom. The molecule has 182 valence electrons. The monoisotopic (exact) mass is 476 g/mol. The van der Waals surface area contributed by atoms with E-state index in [2.05, 4.69) is 34.9 Å². The second kappa shape index (κ2) is 9.92. The molecular weight excluding hydrogens is 448 g/mol. The highest BCUT2D eigenvalue weighted by atomic mass is 16.5. The molecule has 0 saturated carbocycles. The summed E-state index contributed by atoms with van der Waals surface area (Å²) < 4.78 is 11.2. The molecule has 5 rings (SSSR count). The average Bonchev–Trinajstić information content (AvgIpc) is 3.59. The molecule has 8 nitrogen and oxygen atoms in total. The second-order valence-corrected chi connectivity index (χ2v) is 9.23. The summed E-state index contributed by atoms with van der Waals surface area (Å²) in [5.74, 6) is -1.42. The van der Waals surface area contributed by atoms with Gasteiger partial charge in [-0.1, -0.05) is 54.6 Å². The van der Waals surface area contributed by atoms with Crippen molar-refractivity contribution in [3.05, 3.63) is 71.3 Å². The SMILES string of the molecule is O=C(NC[C@H]1CCO[C@H]1C(=O)NC1CC=C(C(=O)O)C1)OCC1c2ccccc2-c2ccccc21. The van der Waals surface area contributed by atoms with Crippen molar-refractivity contribution in [2.24, 2.45) is 5.92 Å². The van der Waals surface area contributed by atoms with Gasteiger partial charge in [0.15, 0.2) is 0 Å². The van der Waals surface area contributed by atoms with Crippen molar-refractivity contribution >= 4 is 18.0 Å². The number of carbonyl (C=O) groups is 3. The van der Waals surface area contributed by atoms with Crippen LogP contribution in [0.4, 0.5) is 4.79 Å². The summed E-state index contributed by atoms with van der Waals surface area (Å²) in [6, 6.07) is 16.1. The van der Waals surface area contributed by atoms with Crippen LogP contribution in [0, 0.1) is 5.92 Å². The number of amides is 2. The molecule has 3 atom stereocenters. The van der Waals surface area contributed by atoms with Gasteiger partial charge in [-0.25, -0.2) is 9.59 Å². The molecule has 1 fully saturated rings. The number of carbonyl (C=O) groups excluding carboxylic acids is 2. The topological polar surface area (TPSA) is 114 Å². The fourth-order valence-corrected chi connectivity index (χ4v) is 5.28. The zero-order valence-electron chi connectivity index (χ0n) is 19.2. The Morgan fingerprint density at radius 1 is 1.03 bits per heavy atom. The Bertz CT molecular complexity index is 1130. The zero-order valence-corrected chi connectivity index (χ0v) is 19.2. The molecule has 0 aromatic heterocycles. The number of carboxylic acid groups (broad SMARTS) is 1. The number of hydrogen-bond donors (Lipinski definition) is 3. The Morgan fingerprint density at radius 2 is 1.71 bits per heavy atom. The Hall–Kier alpha value is -3.65. The maximum absolute atomic E-state index is 12.7. The molecule has 2 aromatic rings. The molecule has 0 spiro atoms. The van der Waals surface area contributed by atoms with Crippen LogP contribution in [0.5, 0.6) is 0 Å². The van der Waals surface area contributed by atoms with Crippen LogP contribution in [0.1, 0.15) is 36.3 Å². The summed E-state index contributed by atoms with van der Waals surface area (Å²) in [6.45, 7) is 0.919. The molecule has 1 heterocycles. The number of fused-ring (bicyclic) bond motifs is 3. The van der Waals surface area contributed by atoms with Gasteiger partial charge in [-0.2, -0.15) is 0 Å². The van der Waals surface area contributed by atoms with E-state index in [0.29, 0.717) is 31.4 Å². The Labute approximate surface area is 203 Å². The largest absolute Gasteiger partial charge is 0.478 e. The van der Waals surface area contributed by atoms with Crippen molar-refractivity contribution in [1.82, 2.24) is 10.6 Å². The van der Waals surface area contributed by atoms with E-state index in [-0.39, 0.29) is 36.9 Å². The van der Waals surface area contributed by atoms with E-state index in [1.54, 1.807) is 6.08 Å². The molecule has 8 heteroatoms. The maximum Gasteiger partial charge on any atom is 0.407 e. The van der Waals surface area contributed by atoms with Gasteiger partial charge in [-0.05, 0) is 41.5 Å². The molecule has 1 unspecified atom stereocenters. The van der Waals surface area contributed by atoms with E-state index in [1.807, 2.05) is 24.3 Å². The zero-order chi connectivity index (χ0) is 24.4. The smallest absolute Gasteiger partial charge is 0.407 e. The highest BCUT2D eigenvalue weighted by Gasteiger charge is 2.36. The highest BCUT2D eigenvalue weighted by molar-refractivity contribution is 5.88. The number of hydrogen-bond acceptors (Lipinski definition) is 5. The first kappa shape index (κ1) is 23.1. The Balaban J connectivity index is 1.12. The quantitative estimate of drug-likeness (QED) is 0.566. The number of alkyl carbamates (subject to hydrolysis) is 1. The minimum Gasteiger partial charge on any atom is -0.478 e. The Kier molecular flexibility index (Phi) is 6.55. The maximum atomic E-state index is 12.7. The van der Waals surface area contributed by atoms with Crippen molar-refractivity contribution in [3.8, 4) is 11.1 Å². The standard InChI is InChI=1S/C27H28N2O6/c30-25(29-18-10-9-16(13-18)26(31)32)24-17(11-12-34-24)14-28-27(33)35-15-23-21-7-3-1-5-19(21)20-6-2-4-8-22(20)23/h1-9,17-18,23-24H,10-15H2,(H,28,33)(H,29,30)(H,31,32)/t17-,18?,24-/m1/s1. The van der Waals surface area contributed by atoms with Gasteiger partial charge in [-0.15, -0.1) is 0 Å². The predicted molar refractivity (Wildman–Crippen MR) is 128 cm³/mol. The third-order valence-electron chi connectivity index (χ3n) is 7.06. The van der Waals surface area contributed by atoms with E-state index in [9.17, 15) is 14.4 Å². The third kappa shape index (κ3) is 4.79. The predicted octanol–water partition coefficient (Wildman–Crippen LogP) is 3.22. The minimum absolute atomic E-state index is 0.0165. The van der Waals surface area contributed by atoms with Crippen molar-refractivity contribution in [2.45, 2.75) is 37.3 Å². The van der Waals surface area contributed by atoms with Gasteiger partial charge in [0.25, 0.3) is 0 Å². The van der Waals surface area contributed by atoms with Crippen LogP contribution in [-0.2, 0) is 19.1 Å². The fraction of sp³-hybridized carbons (Fsp3) is 0.370. The summed E-state index contributed by atoms with van der Waals surface area (Å²) in [5.41, 5.74) is 4.95.